The SMILES string of the molecule is CC(C)Oc1ccc(C(C)(C)CNCBr)cc1. The van der Waals surface area contributed by atoms with Gasteiger partial charge in [-0.3, -0.25) is 0 Å². The van der Waals surface area contributed by atoms with Crippen LogP contribution in [0.15, 0.2) is 24.3 Å². The van der Waals surface area contributed by atoms with Gasteiger partial charge in [-0.05, 0) is 31.5 Å². The lowest BCUT2D eigenvalue weighted by Gasteiger charge is -2.25. The Morgan fingerprint density at radius 2 is 1.82 bits per heavy atom. The van der Waals surface area contributed by atoms with Crippen molar-refractivity contribution in [1.82, 2.24) is 5.32 Å². The number of ether oxygens (including phenoxy) is 1. The number of benzene rings is 1. The summed E-state index contributed by atoms with van der Waals surface area (Å²) in [4.78, 5) is 0. The first-order valence-corrected chi connectivity index (χ1v) is 7.12. The van der Waals surface area contributed by atoms with Gasteiger partial charge in [0, 0.05) is 12.0 Å². The molecule has 2 nitrogen and oxygen atoms in total. The van der Waals surface area contributed by atoms with E-state index in [1.807, 2.05) is 26.0 Å². The molecule has 0 radical (unpaired) electrons. The third kappa shape index (κ3) is 4.68. The fourth-order valence-electron chi connectivity index (χ4n) is 1.72. The molecule has 1 aromatic carbocycles. The quantitative estimate of drug-likeness (QED) is 0.639. The monoisotopic (exact) mass is 299 g/mol. The lowest BCUT2D eigenvalue weighted by molar-refractivity contribution is 0.242. The van der Waals surface area contributed by atoms with Crippen molar-refractivity contribution in [2.24, 2.45) is 0 Å². The van der Waals surface area contributed by atoms with Gasteiger partial charge in [-0.25, -0.2) is 0 Å². The highest BCUT2D eigenvalue weighted by Gasteiger charge is 2.19. The Balaban J connectivity index is 2.72. The molecule has 1 N–H and O–H groups in total. The largest absolute Gasteiger partial charge is 0.491 e. The summed E-state index contributed by atoms with van der Waals surface area (Å²) < 4.78 is 5.64. The van der Waals surface area contributed by atoms with Crippen LogP contribution in [0.5, 0.6) is 5.75 Å². The van der Waals surface area contributed by atoms with E-state index in [0.29, 0.717) is 0 Å². The molecular formula is C14H22BrNO. The van der Waals surface area contributed by atoms with E-state index in [2.05, 4.69) is 47.2 Å². The lowest BCUT2D eigenvalue weighted by atomic mass is 9.84. The molecule has 96 valence electrons. The molecule has 0 bridgehead atoms. The number of rotatable bonds is 6. The van der Waals surface area contributed by atoms with Gasteiger partial charge in [-0.2, -0.15) is 0 Å². The molecule has 0 unspecified atom stereocenters. The van der Waals surface area contributed by atoms with Gasteiger partial charge in [-0.1, -0.05) is 41.9 Å². The molecule has 17 heavy (non-hydrogen) atoms. The van der Waals surface area contributed by atoms with E-state index in [9.17, 15) is 0 Å². The topological polar surface area (TPSA) is 21.3 Å². The average molecular weight is 300 g/mol. The molecular weight excluding hydrogens is 278 g/mol. The maximum atomic E-state index is 5.64. The van der Waals surface area contributed by atoms with Crippen LogP contribution < -0.4 is 10.1 Å². The van der Waals surface area contributed by atoms with Crippen LogP contribution in [0.1, 0.15) is 33.3 Å². The lowest BCUT2D eigenvalue weighted by Crippen LogP contribution is -2.32. The minimum absolute atomic E-state index is 0.129. The standard InChI is InChI=1S/C14H22BrNO/c1-11(2)17-13-7-5-12(6-8-13)14(3,4)9-16-10-15/h5-8,11,16H,9-10H2,1-4H3. The van der Waals surface area contributed by atoms with Gasteiger partial charge in [-0.15, -0.1) is 0 Å². The van der Waals surface area contributed by atoms with E-state index < -0.39 is 0 Å². The molecule has 0 saturated carbocycles. The summed E-state index contributed by atoms with van der Waals surface area (Å²) in [5.74, 6) is 0.938. The summed E-state index contributed by atoms with van der Waals surface area (Å²) in [6, 6.07) is 8.39. The second-order valence-electron chi connectivity index (χ2n) is 5.14. The fourth-order valence-corrected chi connectivity index (χ4v) is 1.92. The predicted octanol–water partition coefficient (Wildman–Crippen LogP) is 3.69. The Morgan fingerprint density at radius 1 is 1.24 bits per heavy atom. The minimum Gasteiger partial charge on any atom is -0.491 e. The second kappa shape index (κ2) is 6.41. The summed E-state index contributed by atoms with van der Waals surface area (Å²) in [5.41, 5.74) is 2.27. The van der Waals surface area contributed by atoms with Gasteiger partial charge in [0.05, 0.1) is 11.6 Å². The third-order valence-corrected chi connectivity index (χ3v) is 3.07. The highest BCUT2D eigenvalue weighted by molar-refractivity contribution is 9.09. The number of hydrogen-bond acceptors (Lipinski definition) is 2. The molecule has 3 heteroatoms. The third-order valence-electron chi connectivity index (χ3n) is 2.67. The van der Waals surface area contributed by atoms with Crippen LogP contribution in [-0.2, 0) is 5.41 Å². The van der Waals surface area contributed by atoms with E-state index in [0.717, 1.165) is 17.7 Å². The Labute approximate surface area is 113 Å². The summed E-state index contributed by atoms with van der Waals surface area (Å²) in [5, 5.41) is 3.32. The molecule has 0 aliphatic heterocycles. The molecule has 0 heterocycles. The molecule has 0 amide bonds. The molecule has 0 atom stereocenters. The number of halogens is 1. The van der Waals surface area contributed by atoms with E-state index in [4.69, 9.17) is 4.74 Å². The Hall–Kier alpha value is -0.540. The van der Waals surface area contributed by atoms with Crippen molar-refractivity contribution in [3.8, 4) is 5.75 Å². The zero-order valence-corrected chi connectivity index (χ0v) is 12.7. The maximum absolute atomic E-state index is 5.64. The van der Waals surface area contributed by atoms with Crippen molar-refractivity contribution in [2.45, 2.75) is 39.2 Å². The molecule has 0 aliphatic carbocycles. The van der Waals surface area contributed by atoms with Gasteiger partial charge in [0.25, 0.3) is 0 Å². The van der Waals surface area contributed by atoms with Crippen LogP contribution in [0, 0.1) is 0 Å². The Bertz CT molecular complexity index is 333. The van der Waals surface area contributed by atoms with Crippen molar-refractivity contribution in [3.63, 3.8) is 0 Å². The van der Waals surface area contributed by atoms with Crippen molar-refractivity contribution >= 4 is 15.9 Å². The molecule has 0 spiro atoms. The zero-order valence-electron chi connectivity index (χ0n) is 11.1. The molecule has 0 aliphatic rings. The van der Waals surface area contributed by atoms with Crippen LogP contribution in [0.4, 0.5) is 0 Å². The van der Waals surface area contributed by atoms with Gasteiger partial charge in [0.1, 0.15) is 5.75 Å². The number of hydrogen-bond donors (Lipinski definition) is 1. The summed E-state index contributed by atoms with van der Waals surface area (Å²) in [7, 11) is 0. The van der Waals surface area contributed by atoms with Gasteiger partial charge in [0.15, 0.2) is 0 Å². The van der Waals surface area contributed by atoms with Crippen LogP contribution in [0.25, 0.3) is 0 Å². The van der Waals surface area contributed by atoms with Crippen molar-refractivity contribution in [3.05, 3.63) is 29.8 Å². The van der Waals surface area contributed by atoms with E-state index in [1.54, 1.807) is 0 Å². The average Bonchev–Trinajstić information content (AvgIpc) is 2.26. The molecule has 0 fully saturated rings. The summed E-state index contributed by atoms with van der Waals surface area (Å²) in [6.45, 7) is 9.50. The smallest absolute Gasteiger partial charge is 0.119 e. The van der Waals surface area contributed by atoms with Crippen molar-refractivity contribution in [2.75, 3.05) is 12.0 Å². The molecule has 0 aromatic heterocycles. The van der Waals surface area contributed by atoms with E-state index >= 15 is 0 Å². The Kier molecular flexibility index (Phi) is 5.47. The van der Waals surface area contributed by atoms with Crippen molar-refractivity contribution < 1.29 is 4.74 Å². The molecule has 1 aromatic rings. The van der Waals surface area contributed by atoms with Crippen LogP contribution in [0.2, 0.25) is 0 Å². The molecule has 1 rings (SSSR count). The maximum Gasteiger partial charge on any atom is 0.119 e. The van der Waals surface area contributed by atoms with Crippen LogP contribution in [0.3, 0.4) is 0 Å². The van der Waals surface area contributed by atoms with E-state index in [1.165, 1.54) is 5.56 Å². The van der Waals surface area contributed by atoms with Gasteiger partial charge >= 0.3 is 0 Å². The first-order chi connectivity index (χ1) is 7.95. The normalized spacial score (nSPS) is 11.9. The molecule has 0 saturated heterocycles. The number of nitrogens with one attached hydrogen (secondary N) is 1. The van der Waals surface area contributed by atoms with Crippen LogP contribution >= 0.6 is 15.9 Å². The highest BCUT2D eigenvalue weighted by atomic mass is 79.9. The minimum atomic E-state index is 0.129. The van der Waals surface area contributed by atoms with Crippen LogP contribution in [-0.4, -0.2) is 18.1 Å². The summed E-state index contributed by atoms with van der Waals surface area (Å²) >= 11 is 3.38. The van der Waals surface area contributed by atoms with E-state index in [-0.39, 0.29) is 11.5 Å². The van der Waals surface area contributed by atoms with Crippen molar-refractivity contribution in [1.29, 1.82) is 0 Å². The number of alkyl halides is 1. The first-order valence-electron chi connectivity index (χ1n) is 5.99. The van der Waals surface area contributed by atoms with Gasteiger partial charge < -0.3 is 10.1 Å². The second-order valence-corrected chi connectivity index (χ2v) is 5.70. The first kappa shape index (κ1) is 14.5. The Morgan fingerprint density at radius 3 is 2.29 bits per heavy atom. The summed E-state index contributed by atoms with van der Waals surface area (Å²) in [6.07, 6.45) is 0.226. The van der Waals surface area contributed by atoms with Gasteiger partial charge in [0.2, 0.25) is 0 Å². The fraction of sp³-hybridized carbons (Fsp3) is 0.571. The highest BCUT2D eigenvalue weighted by Crippen LogP contribution is 2.25. The zero-order chi connectivity index (χ0) is 12.9. The predicted molar refractivity (Wildman–Crippen MR) is 77.0 cm³/mol.